The van der Waals surface area contributed by atoms with Crippen LogP contribution in [0.2, 0.25) is 0 Å². The summed E-state index contributed by atoms with van der Waals surface area (Å²) in [5.41, 5.74) is 0.757. The largest absolute Gasteiger partial charge is 0.491 e. The number of ether oxygens (including phenoxy) is 2. The molecule has 0 aromatic heterocycles. The third-order valence-corrected chi connectivity index (χ3v) is 2.01. The van der Waals surface area contributed by atoms with E-state index in [1.165, 1.54) is 0 Å². The van der Waals surface area contributed by atoms with E-state index in [4.69, 9.17) is 14.6 Å². The van der Waals surface area contributed by atoms with Gasteiger partial charge in [-0.2, -0.15) is 0 Å². The SMILES string of the molecule is C=CCOCCOc1ccc(CC(=O)O)cc1. The van der Waals surface area contributed by atoms with Crippen molar-refractivity contribution < 1.29 is 19.4 Å². The average Bonchev–Trinajstić information content (AvgIpc) is 2.30. The maximum atomic E-state index is 10.5. The van der Waals surface area contributed by atoms with Gasteiger partial charge in [0.05, 0.1) is 19.6 Å². The molecule has 4 nitrogen and oxygen atoms in total. The minimum atomic E-state index is -0.837. The van der Waals surface area contributed by atoms with Crippen LogP contribution >= 0.6 is 0 Å². The Morgan fingerprint density at radius 2 is 2.00 bits per heavy atom. The summed E-state index contributed by atoms with van der Waals surface area (Å²) in [7, 11) is 0. The molecule has 0 spiro atoms. The van der Waals surface area contributed by atoms with Gasteiger partial charge in [0.25, 0.3) is 0 Å². The summed E-state index contributed by atoms with van der Waals surface area (Å²) in [5, 5.41) is 8.60. The Morgan fingerprint density at radius 1 is 1.29 bits per heavy atom. The van der Waals surface area contributed by atoms with Gasteiger partial charge in [0.15, 0.2) is 0 Å². The lowest BCUT2D eigenvalue weighted by atomic mass is 10.1. The van der Waals surface area contributed by atoms with Gasteiger partial charge in [-0.15, -0.1) is 6.58 Å². The van der Waals surface area contributed by atoms with Crippen molar-refractivity contribution in [1.82, 2.24) is 0 Å². The number of rotatable bonds is 8. The average molecular weight is 236 g/mol. The van der Waals surface area contributed by atoms with Crippen LogP contribution in [0.4, 0.5) is 0 Å². The van der Waals surface area contributed by atoms with E-state index in [1.807, 2.05) is 0 Å². The van der Waals surface area contributed by atoms with E-state index in [0.717, 1.165) is 5.56 Å². The Bertz CT molecular complexity index is 356. The second-order valence-corrected chi connectivity index (χ2v) is 3.43. The molecule has 0 unspecified atom stereocenters. The number of hydrogen-bond acceptors (Lipinski definition) is 3. The quantitative estimate of drug-likeness (QED) is 0.553. The molecule has 1 aromatic carbocycles. The summed E-state index contributed by atoms with van der Waals surface area (Å²) in [4.78, 5) is 10.5. The highest BCUT2D eigenvalue weighted by atomic mass is 16.5. The van der Waals surface area contributed by atoms with E-state index in [1.54, 1.807) is 30.3 Å². The summed E-state index contributed by atoms with van der Waals surface area (Å²) < 4.78 is 10.6. The Kier molecular flexibility index (Phi) is 5.82. The third-order valence-electron chi connectivity index (χ3n) is 2.01. The maximum absolute atomic E-state index is 10.5. The van der Waals surface area contributed by atoms with Crippen molar-refractivity contribution >= 4 is 5.97 Å². The van der Waals surface area contributed by atoms with Crippen molar-refractivity contribution in [2.75, 3.05) is 19.8 Å². The molecule has 0 atom stereocenters. The molecule has 0 fully saturated rings. The standard InChI is InChI=1S/C13H16O4/c1-2-7-16-8-9-17-12-5-3-11(4-6-12)10-13(14)15/h2-6H,1,7-10H2,(H,14,15). The molecule has 92 valence electrons. The summed E-state index contributed by atoms with van der Waals surface area (Å²) in [6, 6.07) is 7.00. The molecule has 0 aliphatic carbocycles. The molecule has 0 heterocycles. The Labute approximate surface area is 100 Å². The van der Waals surface area contributed by atoms with E-state index < -0.39 is 5.97 Å². The normalized spacial score (nSPS) is 9.88. The van der Waals surface area contributed by atoms with E-state index in [9.17, 15) is 4.79 Å². The van der Waals surface area contributed by atoms with Crippen molar-refractivity contribution in [3.05, 3.63) is 42.5 Å². The number of carboxylic acid groups (broad SMARTS) is 1. The molecule has 4 heteroatoms. The Morgan fingerprint density at radius 3 is 2.59 bits per heavy atom. The molecule has 0 aliphatic rings. The van der Waals surface area contributed by atoms with Gasteiger partial charge in [-0.1, -0.05) is 18.2 Å². The van der Waals surface area contributed by atoms with Crippen molar-refractivity contribution in [2.45, 2.75) is 6.42 Å². The van der Waals surface area contributed by atoms with Crippen molar-refractivity contribution in [1.29, 1.82) is 0 Å². The summed E-state index contributed by atoms with van der Waals surface area (Å²) >= 11 is 0. The first-order valence-corrected chi connectivity index (χ1v) is 5.34. The number of carboxylic acids is 1. The second kappa shape index (κ2) is 7.46. The van der Waals surface area contributed by atoms with Crippen LogP contribution in [-0.2, 0) is 16.0 Å². The lowest BCUT2D eigenvalue weighted by Crippen LogP contribution is -2.06. The van der Waals surface area contributed by atoms with Crippen LogP contribution in [0.15, 0.2) is 36.9 Å². The van der Waals surface area contributed by atoms with Gasteiger partial charge >= 0.3 is 5.97 Å². The molecular weight excluding hydrogens is 220 g/mol. The Balaban J connectivity index is 2.30. The molecule has 17 heavy (non-hydrogen) atoms. The number of hydrogen-bond donors (Lipinski definition) is 1. The topological polar surface area (TPSA) is 55.8 Å². The van der Waals surface area contributed by atoms with Crippen LogP contribution in [0, 0.1) is 0 Å². The highest BCUT2D eigenvalue weighted by Crippen LogP contribution is 2.12. The van der Waals surface area contributed by atoms with Crippen LogP contribution in [0.1, 0.15) is 5.56 Å². The van der Waals surface area contributed by atoms with Gasteiger partial charge in [-0.25, -0.2) is 0 Å². The van der Waals surface area contributed by atoms with Crippen LogP contribution in [0.25, 0.3) is 0 Å². The molecule has 0 saturated carbocycles. The maximum Gasteiger partial charge on any atom is 0.307 e. The van der Waals surface area contributed by atoms with Gasteiger partial charge in [-0.05, 0) is 17.7 Å². The lowest BCUT2D eigenvalue weighted by Gasteiger charge is -2.06. The van der Waals surface area contributed by atoms with Gasteiger partial charge in [-0.3, -0.25) is 4.79 Å². The molecule has 1 aromatic rings. The van der Waals surface area contributed by atoms with Crippen LogP contribution < -0.4 is 4.74 Å². The third kappa shape index (κ3) is 5.73. The number of carbonyl (C=O) groups is 1. The molecule has 0 aliphatic heterocycles. The monoisotopic (exact) mass is 236 g/mol. The van der Waals surface area contributed by atoms with Crippen LogP contribution in [0.3, 0.4) is 0 Å². The highest BCUT2D eigenvalue weighted by molar-refractivity contribution is 5.70. The fourth-order valence-electron chi connectivity index (χ4n) is 1.26. The Hall–Kier alpha value is -1.81. The first kappa shape index (κ1) is 13.3. The van der Waals surface area contributed by atoms with Crippen LogP contribution in [0.5, 0.6) is 5.75 Å². The lowest BCUT2D eigenvalue weighted by molar-refractivity contribution is -0.136. The number of aliphatic carboxylic acids is 1. The molecule has 0 bridgehead atoms. The summed E-state index contributed by atoms with van der Waals surface area (Å²) in [6.07, 6.45) is 1.71. The van der Waals surface area contributed by atoms with Gasteiger partial charge in [0.1, 0.15) is 12.4 Å². The smallest absolute Gasteiger partial charge is 0.307 e. The second-order valence-electron chi connectivity index (χ2n) is 3.43. The minimum Gasteiger partial charge on any atom is -0.491 e. The summed E-state index contributed by atoms with van der Waals surface area (Å²) in [5.74, 6) is -0.127. The predicted octanol–water partition coefficient (Wildman–Crippen LogP) is 1.90. The van der Waals surface area contributed by atoms with Gasteiger partial charge in [0, 0.05) is 0 Å². The van der Waals surface area contributed by atoms with E-state index >= 15 is 0 Å². The molecule has 1 rings (SSSR count). The zero-order valence-corrected chi connectivity index (χ0v) is 9.59. The van der Waals surface area contributed by atoms with Gasteiger partial charge in [0.2, 0.25) is 0 Å². The van der Waals surface area contributed by atoms with E-state index in [0.29, 0.717) is 25.6 Å². The van der Waals surface area contributed by atoms with E-state index in [2.05, 4.69) is 6.58 Å². The van der Waals surface area contributed by atoms with Crippen molar-refractivity contribution in [3.8, 4) is 5.75 Å². The zero-order chi connectivity index (χ0) is 12.5. The van der Waals surface area contributed by atoms with Gasteiger partial charge < -0.3 is 14.6 Å². The summed E-state index contributed by atoms with van der Waals surface area (Å²) in [6.45, 7) is 5.02. The first-order valence-electron chi connectivity index (χ1n) is 5.34. The van der Waals surface area contributed by atoms with Crippen molar-refractivity contribution in [3.63, 3.8) is 0 Å². The number of benzene rings is 1. The predicted molar refractivity (Wildman–Crippen MR) is 64.3 cm³/mol. The molecule has 1 N–H and O–H groups in total. The van der Waals surface area contributed by atoms with E-state index in [-0.39, 0.29) is 6.42 Å². The zero-order valence-electron chi connectivity index (χ0n) is 9.59. The fourth-order valence-corrected chi connectivity index (χ4v) is 1.26. The first-order chi connectivity index (χ1) is 8.22. The molecular formula is C13H16O4. The highest BCUT2D eigenvalue weighted by Gasteiger charge is 2.00. The van der Waals surface area contributed by atoms with Crippen LogP contribution in [-0.4, -0.2) is 30.9 Å². The molecule has 0 amide bonds. The minimum absolute atomic E-state index is 0.0305. The molecule has 0 saturated heterocycles. The van der Waals surface area contributed by atoms with Crippen molar-refractivity contribution in [2.24, 2.45) is 0 Å². The molecule has 0 radical (unpaired) electrons. The fraction of sp³-hybridized carbons (Fsp3) is 0.308.